The molecule has 12 amide bonds. The van der Waals surface area contributed by atoms with Gasteiger partial charge in [-0.05, 0) is 81.4 Å². The molecule has 0 spiro atoms. The Morgan fingerprint density at radius 2 is 1.24 bits per heavy atom. The second-order valence-corrected chi connectivity index (χ2v) is 26.0. The SMILES string of the molecule is CC[C@H](C)[C@H](NC(=O)[C@@H](CCC(=O)O)NC(=O)[C@H](CC(C)C)NC(=O)c1csc(C(=O)C(C)C)n1)C(=O)N1C(=O)[C@H](CC(N)=O)NC(=O)[C@@H](CC(=O)O)NC(=O)[C@H](Cc2cnc[nH]2)NC(=O)[C@@H](Cc2ccccc2)NC(=O)[C@H](C(C)C)NC(=O)[C@@H](CCCN)NC(=O)[C@@H]1CCCCN. The fraction of sp³-hybridized carbons (Fsp3) is 0.578. The van der Waals surface area contributed by atoms with E-state index >= 15 is 14.4 Å². The topological polar surface area (TPSA) is 528 Å². The van der Waals surface area contributed by atoms with Crippen molar-refractivity contribution in [2.75, 3.05) is 13.1 Å². The van der Waals surface area contributed by atoms with Gasteiger partial charge in [0.2, 0.25) is 53.2 Å². The molecule has 3 aromatic rings. The van der Waals surface area contributed by atoms with Gasteiger partial charge in [-0.2, -0.15) is 0 Å². The fourth-order valence-corrected chi connectivity index (χ4v) is 11.3. The number of amides is 12. The number of nitrogens with one attached hydrogen (secondary N) is 10. The number of rotatable bonds is 32. The van der Waals surface area contributed by atoms with Gasteiger partial charge in [-0.1, -0.05) is 92.1 Å². The Morgan fingerprint density at radius 3 is 1.82 bits per heavy atom. The Hall–Kier alpha value is -9.57. The van der Waals surface area contributed by atoms with E-state index in [0.717, 1.165) is 11.3 Å². The highest BCUT2D eigenvalue weighted by molar-refractivity contribution is 7.12. The second-order valence-electron chi connectivity index (χ2n) is 25.1. The number of imidazole rings is 1. The Bertz CT molecular complexity index is 3290. The number of carboxylic acids is 2. The highest BCUT2D eigenvalue weighted by atomic mass is 32.1. The summed E-state index contributed by atoms with van der Waals surface area (Å²) in [5.74, 6) is -20.3. The zero-order chi connectivity index (χ0) is 73.1. The van der Waals surface area contributed by atoms with E-state index in [9.17, 15) is 67.7 Å². The molecule has 0 unspecified atom stereocenters. The van der Waals surface area contributed by atoms with E-state index in [1.165, 1.54) is 24.8 Å². The van der Waals surface area contributed by atoms with Gasteiger partial charge in [0.15, 0.2) is 10.8 Å². The number of carboxylic acid groups (broad SMARTS) is 2. The number of ketones is 1. The van der Waals surface area contributed by atoms with Gasteiger partial charge in [0, 0.05) is 42.5 Å². The number of aliphatic carboxylic acids is 2. The summed E-state index contributed by atoms with van der Waals surface area (Å²) in [6, 6.07) is -9.82. The molecule has 33 nitrogen and oxygen atoms in total. The molecule has 11 atom stereocenters. The van der Waals surface area contributed by atoms with Crippen molar-refractivity contribution in [2.45, 2.75) is 199 Å². The van der Waals surface area contributed by atoms with Gasteiger partial charge in [0.1, 0.15) is 66.1 Å². The minimum absolute atomic E-state index is 0.0166. The number of primary amides is 1. The van der Waals surface area contributed by atoms with E-state index < -0.39 is 200 Å². The number of thiazole rings is 1. The number of imide groups is 1. The monoisotopic (exact) mass is 1390 g/mol. The van der Waals surface area contributed by atoms with Gasteiger partial charge in [-0.15, -0.1) is 11.3 Å². The number of nitrogens with zero attached hydrogens (tertiary/aromatic N) is 3. The summed E-state index contributed by atoms with van der Waals surface area (Å²) >= 11 is 0.909. The normalized spacial score (nSPS) is 20.6. The fourth-order valence-electron chi connectivity index (χ4n) is 10.4. The maximum Gasteiger partial charge on any atom is 0.305 e. The molecule has 18 N–H and O–H groups in total. The molecule has 3 heterocycles. The maximum atomic E-state index is 16.0. The number of benzene rings is 1. The summed E-state index contributed by atoms with van der Waals surface area (Å²) < 4.78 is 0. The average Bonchev–Trinajstić information content (AvgIpc) is 0.974. The zero-order valence-corrected chi connectivity index (χ0v) is 57.1. The van der Waals surface area contributed by atoms with E-state index in [4.69, 9.17) is 17.2 Å². The van der Waals surface area contributed by atoms with E-state index in [1.54, 1.807) is 78.8 Å². The third-order valence-corrected chi connectivity index (χ3v) is 16.9. The molecule has 2 aromatic heterocycles. The number of H-pyrrole nitrogens is 1. The molecule has 1 aliphatic heterocycles. The molecule has 538 valence electrons. The number of carbonyl (C=O) groups excluding carboxylic acids is 13. The standard InChI is InChI=1S/C64H94N16O17S/c1-9-35(8)51(79-54(88)39(20-21-48(82)83)70-55(89)40(24-32(2)3)72-59(93)45-30-98-62(77-45)52(86)34(6)7)64(97)80-46(19-13-14-22-65)60(94)71-38(18-15-23-66)53(87)78-50(33(4)5)61(95)75-41(25-36-16-11-10-12-17-36)56(90)73-42(26-37-29-68-31-69-37)57(91)74-43(28-49(84)85)58(92)76-44(63(80)96)27-47(67)81/h10-12,16-17,29-35,38-44,46,50-51H,9,13-15,18-28,65-66H2,1-8H3,(H2,67,81)(H,68,69)(H,70,89)(H,71,94)(H,72,93)(H,73,90)(H,74,91)(H,75,95)(H,76,92)(H,78,87)(H,79,88)(H,82,83)(H,84,85)/t35-,38+,39+,40-,41+,42-,43+,44-,46-,50-,51-/m0/s1. The van der Waals surface area contributed by atoms with Crippen LogP contribution < -0.4 is 65.1 Å². The number of hydrogen-bond donors (Lipinski definition) is 15. The van der Waals surface area contributed by atoms with Gasteiger partial charge in [0.25, 0.3) is 17.7 Å². The number of hydrogen-bond acceptors (Lipinski definition) is 20. The van der Waals surface area contributed by atoms with Crippen LogP contribution in [0.3, 0.4) is 0 Å². The molecule has 0 saturated carbocycles. The Kier molecular flexibility index (Phi) is 32.7. The van der Waals surface area contributed by atoms with Crippen LogP contribution in [0.5, 0.6) is 0 Å². The van der Waals surface area contributed by atoms with Crippen molar-refractivity contribution in [1.82, 2.24) is 67.7 Å². The summed E-state index contributed by atoms with van der Waals surface area (Å²) in [5.41, 5.74) is 18.2. The van der Waals surface area contributed by atoms with Crippen molar-refractivity contribution in [1.29, 1.82) is 0 Å². The lowest BCUT2D eigenvalue weighted by Crippen LogP contribution is -2.65. The lowest BCUT2D eigenvalue weighted by molar-refractivity contribution is -0.157. The van der Waals surface area contributed by atoms with Gasteiger partial charge >= 0.3 is 11.9 Å². The third kappa shape index (κ3) is 25.1. The molecule has 0 aliphatic carbocycles. The van der Waals surface area contributed by atoms with Crippen LogP contribution in [0.25, 0.3) is 0 Å². The number of aromatic nitrogens is 3. The summed E-state index contributed by atoms with van der Waals surface area (Å²) in [4.78, 5) is 226. The zero-order valence-electron chi connectivity index (χ0n) is 56.3. The lowest BCUT2D eigenvalue weighted by atomic mass is 9.94. The minimum atomic E-state index is -2.34. The first-order valence-electron chi connectivity index (χ1n) is 32.5. The van der Waals surface area contributed by atoms with Crippen LogP contribution in [0.1, 0.15) is 158 Å². The van der Waals surface area contributed by atoms with E-state index in [0.29, 0.717) is 10.5 Å². The first kappa shape index (κ1) is 80.9. The predicted molar refractivity (Wildman–Crippen MR) is 354 cm³/mol. The van der Waals surface area contributed by atoms with Crippen molar-refractivity contribution >= 4 is 99.9 Å². The van der Waals surface area contributed by atoms with Crippen molar-refractivity contribution in [2.24, 2.45) is 40.9 Å². The summed E-state index contributed by atoms with van der Waals surface area (Å²) in [5, 5.41) is 44.1. The molecule has 1 aromatic carbocycles. The smallest absolute Gasteiger partial charge is 0.305 e. The van der Waals surface area contributed by atoms with Gasteiger partial charge in [-0.3, -0.25) is 76.8 Å². The molecular weight excluding hydrogens is 1300 g/mol. The van der Waals surface area contributed by atoms with Crippen molar-refractivity contribution in [3.05, 3.63) is 70.2 Å². The first-order chi connectivity index (χ1) is 46.3. The molecule has 1 aliphatic rings. The summed E-state index contributed by atoms with van der Waals surface area (Å²) in [7, 11) is 0. The van der Waals surface area contributed by atoms with E-state index in [-0.39, 0.29) is 86.1 Å². The lowest BCUT2D eigenvalue weighted by Gasteiger charge is -2.37. The van der Waals surface area contributed by atoms with Crippen LogP contribution in [-0.4, -0.2) is 192 Å². The summed E-state index contributed by atoms with van der Waals surface area (Å²) in [6.07, 6.45) is -2.64. The molecule has 0 radical (unpaired) electrons. The molecule has 98 heavy (non-hydrogen) atoms. The quantitative estimate of drug-likeness (QED) is 0.0256. The number of Topliss-reactive ketones (excluding diaryl/α,β-unsaturated/α-hetero) is 1. The molecule has 4 rings (SSSR count). The molecular formula is C64H94N16O17S. The van der Waals surface area contributed by atoms with Gasteiger partial charge < -0.3 is 80.2 Å². The van der Waals surface area contributed by atoms with Crippen LogP contribution in [0.4, 0.5) is 0 Å². The van der Waals surface area contributed by atoms with Gasteiger partial charge in [-0.25, -0.2) is 9.97 Å². The number of unbranched alkanes of at least 4 members (excludes halogenated alkanes) is 1. The predicted octanol–water partition coefficient (Wildman–Crippen LogP) is -1.26. The Balaban J connectivity index is 1.99. The highest BCUT2D eigenvalue weighted by Gasteiger charge is 2.46. The molecule has 1 fully saturated rings. The van der Waals surface area contributed by atoms with Crippen LogP contribution in [0.15, 0.2) is 48.2 Å². The Morgan fingerprint density at radius 1 is 0.653 bits per heavy atom. The van der Waals surface area contributed by atoms with Crippen LogP contribution in [0.2, 0.25) is 0 Å². The molecule has 1 saturated heterocycles. The molecule has 34 heteroatoms. The van der Waals surface area contributed by atoms with Crippen LogP contribution in [-0.2, 0) is 75.2 Å². The third-order valence-electron chi connectivity index (χ3n) is 16.0. The number of nitrogens with two attached hydrogens (primary N) is 3. The van der Waals surface area contributed by atoms with E-state index in [2.05, 4.69) is 62.8 Å². The van der Waals surface area contributed by atoms with Gasteiger partial charge in [0.05, 0.1) is 19.2 Å². The number of aromatic amines is 1. The maximum absolute atomic E-state index is 16.0. The first-order valence-corrected chi connectivity index (χ1v) is 33.4. The average molecular weight is 1390 g/mol. The molecule has 0 bridgehead atoms. The summed E-state index contributed by atoms with van der Waals surface area (Å²) in [6.45, 7) is 12.8. The van der Waals surface area contributed by atoms with E-state index in [1.807, 2.05) is 0 Å². The van der Waals surface area contributed by atoms with Crippen molar-refractivity contribution < 1.29 is 82.1 Å². The van der Waals surface area contributed by atoms with Crippen molar-refractivity contribution in [3.63, 3.8) is 0 Å². The largest absolute Gasteiger partial charge is 0.481 e. The second kappa shape index (κ2) is 39.6. The Labute approximate surface area is 571 Å². The van der Waals surface area contributed by atoms with Crippen LogP contribution >= 0.6 is 11.3 Å². The minimum Gasteiger partial charge on any atom is -0.481 e. The van der Waals surface area contributed by atoms with Crippen molar-refractivity contribution in [3.8, 4) is 0 Å². The van der Waals surface area contributed by atoms with Crippen LogP contribution in [0, 0.1) is 23.7 Å². The number of carbonyl (C=O) groups is 15. The highest BCUT2D eigenvalue weighted by Crippen LogP contribution is 2.22.